The van der Waals surface area contributed by atoms with E-state index in [-0.39, 0.29) is 17.5 Å². The van der Waals surface area contributed by atoms with Crippen LogP contribution in [0.2, 0.25) is 0 Å². The van der Waals surface area contributed by atoms with Crippen LogP contribution in [-0.2, 0) is 10.0 Å². The molecule has 0 saturated heterocycles. The molecule has 0 radical (unpaired) electrons. The number of H-pyrrole nitrogens is 1. The molecule has 1 aromatic heterocycles. The number of nitrogens with one attached hydrogen (secondary N) is 2. The fourth-order valence-electron chi connectivity index (χ4n) is 1.15. The first-order valence-electron chi connectivity index (χ1n) is 5.04. The largest absolute Gasteiger partial charge is 0.335 e. The van der Waals surface area contributed by atoms with Crippen molar-refractivity contribution in [3.8, 4) is 0 Å². The number of hydrogen-bond donors (Lipinski definition) is 3. The van der Waals surface area contributed by atoms with E-state index in [0.29, 0.717) is 0 Å². The summed E-state index contributed by atoms with van der Waals surface area (Å²) in [6.45, 7) is 5.86. The SMILES string of the molecule is CC(C)C(C)(CN)NS(=O)(=O)c1cnc[nH]1. The van der Waals surface area contributed by atoms with Crippen molar-refractivity contribution in [2.75, 3.05) is 6.54 Å². The van der Waals surface area contributed by atoms with Crippen LogP contribution in [0.15, 0.2) is 17.6 Å². The first kappa shape index (κ1) is 13.1. The van der Waals surface area contributed by atoms with Gasteiger partial charge in [-0.05, 0) is 12.8 Å². The van der Waals surface area contributed by atoms with Gasteiger partial charge < -0.3 is 10.7 Å². The average Bonchev–Trinajstić information content (AvgIpc) is 2.70. The number of nitrogens with zero attached hydrogens (tertiary/aromatic N) is 1. The van der Waals surface area contributed by atoms with Gasteiger partial charge in [0.2, 0.25) is 0 Å². The molecule has 1 heterocycles. The lowest BCUT2D eigenvalue weighted by molar-refractivity contribution is 0.314. The Hall–Kier alpha value is -0.920. The number of aromatic amines is 1. The van der Waals surface area contributed by atoms with Crippen molar-refractivity contribution in [3.63, 3.8) is 0 Å². The van der Waals surface area contributed by atoms with E-state index < -0.39 is 15.6 Å². The van der Waals surface area contributed by atoms with E-state index >= 15 is 0 Å². The zero-order valence-corrected chi connectivity index (χ0v) is 10.5. The Kier molecular flexibility index (Phi) is 3.72. The lowest BCUT2D eigenvalue weighted by Gasteiger charge is -2.32. The van der Waals surface area contributed by atoms with Crippen molar-refractivity contribution in [1.82, 2.24) is 14.7 Å². The minimum atomic E-state index is -3.58. The highest BCUT2D eigenvalue weighted by Crippen LogP contribution is 2.18. The summed E-state index contributed by atoms with van der Waals surface area (Å²) in [6.07, 6.45) is 2.59. The van der Waals surface area contributed by atoms with Crippen LogP contribution >= 0.6 is 0 Å². The van der Waals surface area contributed by atoms with Gasteiger partial charge in [-0.1, -0.05) is 13.8 Å². The first-order valence-corrected chi connectivity index (χ1v) is 6.52. The summed E-state index contributed by atoms with van der Waals surface area (Å²) < 4.78 is 26.5. The Labute approximate surface area is 95.7 Å². The molecule has 92 valence electrons. The summed E-state index contributed by atoms with van der Waals surface area (Å²) in [5.41, 5.74) is 4.95. The maximum absolute atomic E-state index is 11.9. The molecule has 4 N–H and O–H groups in total. The van der Waals surface area contributed by atoms with Crippen molar-refractivity contribution in [1.29, 1.82) is 0 Å². The highest BCUT2D eigenvalue weighted by molar-refractivity contribution is 7.89. The Morgan fingerprint density at radius 1 is 1.62 bits per heavy atom. The molecule has 0 saturated carbocycles. The van der Waals surface area contributed by atoms with Crippen LogP contribution in [-0.4, -0.2) is 30.5 Å². The number of sulfonamides is 1. The van der Waals surface area contributed by atoms with Crippen LogP contribution in [0.5, 0.6) is 0 Å². The van der Waals surface area contributed by atoms with Crippen molar-refractivity contribution >= 4 is 10.0 Å². The third kappa shape index (κ3) is 2.60. The van der Waals surface area contributed by atoms with Crippen LogP contribution < -0.4 is 10.5 Å². The maximum Gasteiger partial charge on any atom is 0.258 e. The third-order valence-corrected chi connectivity index (χ3v) is 4.37. The molecule has 7 heteroatoms. The van der Waals surface area contributed by atoms with E-state index in [1.54, 1.807) is 6.92 Å². The van der Waals surface area contributed by atoms with Gasteiger partial charge in [0, 0.05) is 12.1 Å². The van der Waals surface area contributed by atoms with Gasteiger partial charge in [0.15, 0.2) is 5.03 Å². The molecule has 0 amide bonds. The minimum absolute atomic E-state index is 0.0489. The van der Waals surface area contributed by atoms with Crippen LogP contribution in [0, 0.1) is 5.92 Å². The van der Waals surface area contributed by atoms with Crippen LogP contribution in [0.1, 0.15) is 20.8 Å². The fourth-order valence-corrected chi connectivity index (χ4v) is 2.60. The standard InChI is InChI=1S/C9H18N4O2S/c1-7(2)9(3,5-10)13-16(14,15)8-4-11-6-12-8/h4,6-7,13H,5,10H2,1-3H3,(H,11,12). The topological polar surface area (TPSA) is 101 Å². The molecule has 0 spiro atoms. The summed E-state index contributed by atoms with van der Waals surface area (Å²) in [4.78, 5) is 6.24. The monoisotopic (exact) mass is 246 g/mol. The maximum atomic E-state index is 11.9. The molecule has 1 unspecified atom stereocenters. The molecule has 0 aliphatic carbocycles. The lowest BCUT2D eigenvalue weighted by atomic mass is 9.90. The molecular formula is C9H18N4O2S. The van der Waals surface area contributed by atoms with Crippen LogP contribution in [0.4, 0.5) is 0 Å². The van der Waals surface area contributed by atoms with E-state index in [1.165, 1.54) is 12.5 Å². The summed E-state index contributed by atoms with van der Waals surface area (Å²) in [5.74, 6) is 0.0928. The Bertz CT molecular complexity index is 426. The second kappa shape index (κ2) is 4.52. The van der Waals surface area contributed by atoms with Gasteiger partial charge >= 0.3 is 0 Å². The number of nitrogens with two attached hydrogens (primary N) is 1. The molecule has 6 nitrogen and oxygen atoms in total. The molecule has 16 heavy (non-hydrogen) atoms. The van der Waals surface area contributed by atoms with E-state index in [9.17, 15) is 8.42 Å². The smallest absolute Gasteiger partial charge is 0.258 e. The van der Waals surface area contributed by atoms with Gasteiger partial charge in [-0.25, -0.2) is 18.1 Å². The Morgan fingerprint density at radius 2 is 2.25 bits per heavy atom. The Morgan fingerprint density at radius 3 is 2.62 bits per heavy atom. The number of hydrogen-bond acceptors (Lipinski definition) is 4. The first-order chi connectivity index (χ1) is 7.32. The van der Waals surface area contributed by atoms with Crippen molar-refractivity contribution in [2.24, 2.45) is 11.7 Å². The van der Waals surface area contributed by atoms with Crippen molar-refractivity contribution < 1.29 is 8.42 Å². The van der Waals surface area contributed by atoms with E-state index in [0.717, 1.165) is 0 Å². The second-order valence-electron chi connectivity index (χ2n) is 4.30. The van der Waals surface area contributed by atoms with Gasteiger partial charge in [0.1, 0.15) is 0 Å². The fraction of sp³-hybridized carbons (Fsp3) is 0.667. The van der Waals surface area contributed by atoms with Crippen molar-refractivity contribution in [3.05, 3.63) is 12.5 Å². The lowest BCUT2D eigenvalue weighted by Crippen LogP contribution is -2.54. The Balaban J connectivity index is 2.97. The van der Waals surface area contributed by atoms with Gasteiger partial charge in [-0.3, -0.25) is 0 Å². The molecular weight excluding hydrogens is 228 g/mol. The van der Waals surface area contributed by atoms with Crippen molar-refractivity contribution in [2.45, 2.75) is 31.3 Å². The minimum Gasteiger partial charge on any atom is -0.335 e. The van der Waals surface area contributed by atoms with E-state index in [1.807, 2.05) is 13.8 Å². The number of imidazole rings is 1. The van der Waals surface area contributed by atoms with E-state index in [2.05, 4.69) is 14.7 Å². The number of rotatable bonds is 5. The summed E-state index contributed by atoms with van der Waals surface area (Å²) in [6, 6.07) is 0. The quantitative estimate of drug-likeness (QED) is 0.684. The highest BCUT2D eigenvalue weighted by Gasteiger charge is 2.32. The van der Waals surface area contributed by atoms with Gasteiger partial charge in [-0.2, -0.15) is 0 Å². The summed E-state index contributed by atoms with van der Waals surface area (Å²) >= 11 is 0. The summed E-state index contributed by atoms with van der Waals surface area (Å²) in [5, 5.41) is 0.0489. The van der Waals surface area contributed by atoms with Gasteiger partial charge in [0.05, 0.1) is 12.5 Å². The molecule has 0 aliphatic heterocycles. The zero-order chi connectivity index (χ0) is 12.4. The van der Waals surface area contributed by atoms with Crippen LogP contribution in [0.25, 0.3) is 0 Å². The molecule has 0 aliphatic rings. The molecule has 0 fully saturated rings. The molecule has 0 bridgehead atoms. The van der Waals surface area contributed by atoms with Crippen LogP contribution in [0.3, 0.4) is 0 Å². The molecule has 1 aromatic rings. The highest BCUT2D eigenvalue weighted by atomic mass is 32.2. The third-order valence-electron chi connectivity index (χ3n) is 2.83. The molecule has 0 aromatic carbocycles. The second-order valence-corrected chi connectivity index (χ2v) is 5.95. The summed E-state index contributed by atoms with van der Waals surface area (Å²) in [7, 11) is -3.58. The predicted molar refractivity (Wildman–Crippen MR) is 61.2 cm³/mol. The van der Waals surface area contributed by atoms with E-state index in [4.69, 9.17) is 5.73 Å². The van der Waals surface area contributed by atoms with Gasteiger partial charge in [0.25, 0.3) is 10.0 Å². The predicted octanol–water partition coefficient (Wildman–Crippen LogP) is 0.0614. The number of aromatic nitrogens is 2. The molecule has 1 rings (SSSR count). The average molecular weight is 246 g/mol. The molecule has 1 atom stereocenters. The van der Waals surface area contributed by atoms with Gasteiger partial charge in [-0.15, -0.1) is 0 Å². The zero-order valence-electron chi connectivity index (χ0n) is 9.69. The normalized spacial score (nSPS) is 16.3.